The quantitative estimate of drug-likeness (QED) is 0.337. The number of unbranched alkanes of at least 4 members (excludes halogenated alkanes) is 1. The fraction of sp³-hybridized carbons (Fsp3) is 0.526. The van der Waals surface area contributed by atoms with Gasteiger partial charge >= 0.3 is 0 Å². The van der Waals surface area contributed by atoms with Gasteiger partial charge in [0.2, 0.25) is 0 Å². The van der Waals surface area contributed by atoms with Crippen molar-refractivity contribution >= 4 is 39.1 Å². The van der Waals surface area contributed by atoms with Gasteiger partial charge in [-0.1, -0.05) is 13.3 Å². The van der Waals surface area contributed by atoms with Crippen LogP contribution in [0, 0.1) is 0 Å². The predicted octanol–water partition coefficient (Wildman–Crippen LogP) is 3.66. The fourth-order valence-electron chi connectivity index (χ4n) is 2.68. The summed E-state index contributed by atoms with van der Waals surface area (Å²) in [7, 11) is 0. The average molecular weight is 453 g/mol. The molecule has 0 saturated carbocycles. The number of rotatable bonds is 12. The van der Waals surface area contributed by atoms with E-state index in [0.29, 0.717) is 0 Å². The molecule has 0 bridgehead atoms. The number of pyridine rings is 1. The number of thiocarbonyl (C=S) groups is 1. The van der Waals surface area contributed by atoms with E-state index in [1.165, 1.54) is 12.8 Å². The molecule has 0 unspecified atom stereocenters. The minimum atomic E-state index is 0.724. The molecule has 0 aliphatic carbocycles. The van der Waals surface area contributed by atoms with E-state index in [9.17, 15) is 0 Å². The monoisotopic (exact) mass is 452 g/mol. The van der Waals surface area contributed by atoms with Gasteiger partial charge < -0.3 is 20.5 Å². The molecule has 0 atom stereocenters. The predicted molar refractivity (Wildman–Crippen MR) is 119 cm³/mol. The molecule has 0 aliphatic rings. The van der Waals surface area contributed by atoms with Crippen molar-refractivity contribution in [1.82, 2.24) is 25.6 Å². The summed E-state index contributed by atoms with van der Waals surface area (Å²) >= 11 is 8.80. The molecule has 0 radical (unpaired) electrons. The molecule has 8 heteroatoms. The molecule has 2 aromatic heterocycles. The number of nitrogens with one attached hydrogen (secondary N) is 3. The second-order valence-corrected chi connectivity index (χ2v) is 7.72. The second-order valence-electron chi connectivity index (χ2n) is 6.39. The number of aromatic nitrogens is 3. The van der Waals surface area contributed by atoms with Gasteiger partial charge in [-0.15, -0.1) is 0 Å². The third-order valence-electron chi connectivity index (χ3n) is 4.17. The first kappa shape index (κ1) is 21.6. The summed E-state index contributed by atoms with van der Waals surface area (Å²) in [4.78, 5) is 14.0. The standard InChI is InChI=1S/C19H29BrN6S/c1-2-3-11-26(18-8-7-16(20)13-24-18)12-5-10-23-19(27)22-9-4-6-17-14-21-15-25-17/h7-8,13-15H,2-6,9-12H2,1H3,(H,21,25)(H2,22,23,27). The SMILES string of the molecule is CCCCN(CCCNC(=S)NCCCc1cnc[nH]1)c1ccc(Br)cn1. The molecule has 27 heavy (non-hydrogen) atoms. The Balaban J connectivity index is 1.62. The van der Waals surface area contributed by atoms with Gasteiger partial charge in [-0.25, -0.2) is 9.97 Å². The van der Waals surface area contributed by atoms with Gasteiger partial charge in [0.05, 0.1) is 6.33 Å². The number of hydrogen-bond acceptors (Lipinski definition) is 4. The Morgan fingerprint density at radius 3 is 2.59 bits per heavy atom. The average Bonchev–Trinajstić information content (AvgIpc) is 3.19. The fourth-order valence-corrected chi connectivity index (χ4v) is 3.12. The lowest BCUT2D eigenvalue weighted by atomic mass is 10.2. The molecule has 6 nitrogen and oxygen atoms in total. The number of aromatic amines is 1. The van der Waals surface area contributed by atoms with Crippen LogP contribution in [0.25, 0.3) is 0 Å². The molecular formula is C19H29BrN6S. The molecular weight excluding hydrogens is 424 g/mol. The van der Waals surface area contributed by atoms with Crippen molar-refractivity contribution < 1.29 is 0 Å². The summed E-state index contributed by atoms with van der Waals surface area (Å²) in [6.45, 7) is 5.92. The zero-order valence-corrected chi connectivity index (χ0v) is 18.3. The van der Waals surface area contributed by atoms with Gasteiger partial charge in [-0.2, -0.15) is 0 Å². The van der Waals surface area contributed by atoms with E-state index in [2.05, 4.69) is 59.4 Å². The highest BCUT2D eigenvalue weighted by atomic mass is 79.9. The smallest absolute Gasteiger partial charge is 0.166 e. The van der Waals surface area contributed by atoms with E-state index in [4.69, 9.17) is 12.2 Å². The molecule has 2 aromatic rings. The molecule has 148 valence electrons. The van der Waals surface area contributed by atoms with Crippen LogP contribution in [0.3, 0.4) is 0 Å². The summed E-state index contributed by atoms with van der Waals surface area (Å²) in [5.74, 6) is 1.03. The van der Waals surface area contributed by atoms with Crippen molar-refractivity contribution in [2.75, 3.05) is 31.1 Å². The third-order valence-corrected chi connectivity index (χ3v) is 4.93. The maximum Gasteiger partial charge on any atom is 0.166 e. The minimum Gasteiger partial charge on any atom is -0.363 e. The van der Waals surface area contributed by atoms with Crippen molar-refractivity contribution in [2.45, 2.75) is 39.0 Å². The maximum atomic E-state index is 5.35. The molecule has 0 aromatic carbocycles. The van der Waals surface area contributed by atoms with Crippen molar-refractivity contribution in [3.05, 3.63) is 41.0 Å². The molecule has 2 heterocycles. The van der Waals surface area contributed by atoms with Crippen LogP contribution in [0.5, 0.6) is 0 Å². The van der Waals surface area contributed by atoms with E-state index in [1.54, 1.807) is 6.33 Å². The van der Waals surface area contributed by atoms with Crippen LogP contribution in [-0.2, 0) is 6.42 Å². The number of halogens is 1. The first-order valence-corrected chi connectivity index (χ1v) is 10.7. The lowest BCUT2D eigenvalue weighted by Gasteiger charge is -2.24. The minimum absolute atomic E-state index is 0.724. The van der Waals surface area contributed by atoms with E-state index in [-0.39, 0.29) is 0 Å². The van der Waals surface area contributed by atoms with Gasteiger partial charge in [-0.3, -0.25) is 0 Å². The number of H-pyrrole nitrogens is 1. The molecule has 0 amide bonds. The van der Waals surface area contributed by atoms with Crippen molar-refractivity contribution in [3.8, 4) is 0 Å². The van der Waals surface area contributed by atoms with Gasteiger partial charge in [-0.05, 0) is 66.0 Å². The van der Waals surface area contributed by atoms with Gasteiger partial charge in [0.25, 0.3) is 0 Å². The van der Waals surface area contributed by atoms with E-state index >= 15 is 0 Å². The first-order valence-electron chi connectivity index (χ1n) is 9.54. The largest absolute Gasteiger partial charge is 0.363 e. The van der Waals surface area contributed by atoms with Crippen LogP contribution in [0.4, 0.5) is 5.82 Å². The number of imidazole rings is 1. The second kappa shape index (κ2) is 12.7. The highest BCUT2D eigenvalue weighted by Crippen LogP contribution is 2.15. The molecule has 0 spiro atoms. The number of nitrogens with zero attached hydrogens (tertiary/aromatic N) is 3. The Bertz CT molecular complexity index is 647. The van der Waals surface area contributed by atoms with Crippen LogP contribution in [0.1, 0.15) is 38.3 Å². The van der Waals surface area contributed by atoms with E-state index in [0.717, 1.165) is 66.5 Å². The molecule has 2 rings (SSSR count). The van der Waals surface area contributed by atoms with Crippen molar-refractivity contribution in [3.63, 3.8) is 0 Å². The number of anilines is 1. The topological polar surface area (TPSA) is 68.9 Å². The van der Waals surface area contributed by atoms with Crippen LogP contribution in [0.15, 0.2) is 35.3 Å². The number of aryl methyl sites for hydroxylation is 1. The zero-order valence-electron chi connectivity index (χ0n) is 15.9. The number of hydrogen-bond donors (Lipinski definition) is 3. The molecule has 0 aliphatic heterocycles. The van der Waals surface area contributed by atoms with Crippen LogP contribution < -0.4 is 15.5 Å². The van der Waals surface area contributed by atoms with Crippen LogP contribution >= 0.6 is 28.1 Å². The maximum absolute atomic E-state index is 5.35. The Hall–Kier alpha value is -1.67. The zero-order chi connectivity index (χ0) is 19.3. The molecule has 0 fully saturated rings. The summed E-state index contributed by atoms with van der Waals surface area (Å²) < 4.78 is 1.01. The summed E-state index contributed by atoms with van der Waals surface area (Å²) in [6, 6.07) is 4.11. The lowest BCUT2D eigenvalue weighted by Crippen LogP contribution is -2.37. The van der Waals surface area contributed by atoms with Gasteiger partial charge in [0, 0.05) is 48.7 Å². The summed E-state index contributed by atoms with van der Waals surface area (Å²) in [5.41, 5.74) is 1.16. The third kappa shape index (κ3) is 8.71. The Morgan fingerprint density at radius 2 is 1.93 bits per heavy atom. The van der Waals surface area contributed by atoms with Gasteiger partial charge in [0.1, 0.15) is 5.82 Å². The van der Waals surface area contributed by atoms with Crippen molar-refractivity contribution in [2.24, 2.45) is 0 Å². The molecule has 0 saturated heterocycles. The van der Waals surface area contributed by atoms with E-state index in [1.807, 2.05) is 18.5 Å². The molecule has 3 N–H and O–H groups in total. The normalized spacial score (nSPS) is 10.6. The first-order chi connectivity index (χ1) is 13.2. The highest BCUT2D eigenvalue weighted by Gasteiger charge is 2.07. The Kier molecular flexibility index (Phi) is 10.1. The Labute approximate surface area is 175 Å². The van der Waals surface area contributed by atoms with Gasteiger partial charge in [0.15, 0.2) is 5.11 Å². The Morgan fingerprint density at radius 1 is 1.15 bits per heavy atom. The van der Waals surface area contributed by atoms with Crippen LogP contribution in [0.2, 0.25) is 0 Å². The van der Waals surface area contributed by atoms with Crippen molar-refractivity contribution in [1.29, 1.82) is 0 Å². The summed E-state index contributed by atoms with van der Waals surface area (Å²) in [5, 5.41) is 7.28. The highest BCUT2D eigenvalue weighted by molar-refractivity contribution is 9.10. The lowest BCUT2D eigenvalue weighted by molar-refractivity contribution is 0.664. The van der Waals surface area contributed by atoms with E-state index < -0.39 is 0 Å². The van der Waals surface area contributed by atoms with Crippen LogP contribution in [-0.4, -0.2) is 46.2 Å². The summed E-state index contributed by atoms with van der Waals surface area (Å²) in [6.07, 6.45) is 10.8.